The second-order valence-corrected chi connectivity index (χ2v) is 13.3. The van der Waals surface area contributed by atoms with Gasteiger partial charge in [0.25, 0.3) is 0 Å². The van der Waals surface area contributed by atoms with Gasteiger partial charge in [-0.05, 0) is 18.2 Å². The number of hydrogen-bond acceptors (Lipinski definition) is 22. The molecule has 3 aromatic rings. The Bertz CT molecular complexity index is 1880. The third kappa shape index (κ3) is 7.83. The minimum atomic E-state index is -1.91. The van der Waals surface area contributed by atoms with E-state index in [9.17, 15) is 71.2 Å². The number of aliphatic hydroxyl groups excluding tert-OH is 11. The van der Waals surface area contributed by atoms with Crippen LogP contribution < -0.4 is 19.6 Å². The van der Waals surface area contributed by atoms with Crippen molar-refractivity contribution >= 4 is 11.0 Å². The van der Waals surface area contributed by atoms with Crippen LogP contribution in [0.25, 0.3) is 22.3 Å². The number of aromatic hydroxyl groups is 2. The summed E-state index contributed by atoms with van der Waals surface area (Å²) in [5, 5.41) is 133. The number of benzene rings is 2. The van der Waals surface area contributed by atoms with Crippen molar-refractivity contribution in [2.24, 2.45) is 0 Å². The maximum absolute atomic E-state index is 13.5. The summed E-state index contributed by atoms with van der Waals surface area (Å²) in [5.74, 6) is -2.53. The Morgan fingerprint density at radius 3 is 1.73 bits per heavy atom. The Labute approximate surface area is 314 Å². The highest BCUT2D eigenvalue weighted by Gasteiger charge is 2.48. The summed E-state index contributed by atoms with van der Waals surface area (Å²) in [4.78, 5) is 13.5. The number of ether oxygens (including phenoxy) is 7. The van der Waals surface area contributed by atoms with E-state index in [1.807, 2.05) is 0 Å². The first-order valence-corrected chi connectivity index (χ1v) is 17.1. The molecule has 56 heavy (non-hydrogen) atoms. The first-order chi connectivity index (χ1) is 26.6. The number of aliphatic hydroxyl groups is 11. The maximum atomic E-state index is 13.5. The second kappa shape index (κ2) is 16.9. The third-order valence-corrected chi connectivity index (χ3v) is 9.62. The van der Waals surface area contributed by atoms with Gasteiger partial charge in [0.2, 0.25) is 23.8 Å². The Hall–Kier alpha value is -3.95. The predicted molar refractivity (Wildman–Crippen MR) is 179 cm³/mol. The van der Waals surface area contributed by atoms with Crippen LogP contribution in [0.5, 0.6) is 28.7 Å². The molecule has 0 saturated carbocycles. The molecule has 3 fully saturated rings. The molecule has 1 aromatic heterocycles. The van der Waals surface area contributed by atoms with E-state index < -0.39 is 135 Å². The Morgan fingerprint density at radius 1 is 0.625 bits per heavy atom. The van der Waals surface area contributed by atoms with E-state index in [1.54, 1.807) is 0 Å². The van der Waals surface area contributed by atoms with Gasteiger partial charge >= 0.3 is 0 Å². The molecular weight excluding hydrogens is 760 g/mol. The highest BCUT2D eigenvalue weighted by atomic mass is 16.7. The molecule has 3 saturated heterocycles. The minimum Gasteiger partial charge on any atom is -0.507 e. The zero-order chi connectivity index (χ0) is 40.7. The van der Waals surface area contributed by atoms with Crippen molar-refractivity contribution in [1.29, 1.82) is 0 Å². The molecule has 0 bridgehead atoms. The molecule has 0 unspecified atom stereocenters. The third-order valence-electron chi connectivity index (χ3n) is 9.62. The van der Waals surface area contributed by atoms with E-state index in [4.69, 9.17) is 37.6 Å². The molecule has 13 N–H and O–H groups in total. The standard InChI is InChI=1S/C34H42O22/c1-49-31-23(42)19-13(38)5-11(51-33-28(47)26(45)22(41)18(56-33)9-50-32-27(46)24(43)20(39)16(7-35)54-32)6-15(19)52-30(31)10-2-3-14(12(37)4-10)53-34-29(48)25(44)21(40)17(8-36)55-34/h2-6,16-18,20-22,24-29,32-41,43-48H,7-9H2,1H3/t16-,17-,18-,20-,21-,22-,24-,25-,26-,27-,28-,29-,32-,33-,34-/m1/s1. The molecule has 6 rings (SSSR count). The first-order valence-electron chi connectivity index (χ1n) is 17.1. The summed E-state index contributed by atoms with van der Waals surface area (Å²) < 4.78 is 44.0. The predicted octanol–water partition coefficient (Wildman–Crippen LogP) is -4.94. The fraction of sp³-hybridized carbons (Fsp3) is 0.559. The van der Waals surface area contributed by atoms with Gasteiger partial charge in [0.1, 0.15) is 95.7 Å². The van der Waals surface area contributed by atoms with Crippen molar-refractivity contribution in [2.75, 3.05) is 26.9 Å². The number of fused-ring (bicyclic) bond motifs is 1. The largest absolute Gasteiger partial charge is 0.507 e. The first kappa shape index (κ1) is 41.7. The lowest BCUT2D eigenvalue weighted by Gasteiger charge is -2.42. The summed E-state index contributed by atoms with van der Waals surface area (Å²) in [6, 6.07) is 5.64. The average molecular weight is 803 g/mol. The van der Waals surface area contributed by atoms with E-state index in [-0.39, 0.29) is 33.8 Å². The van der Waals surface area contributed by atoms with Crippen LogP contribution >= 0.6 is 0 Å². The van der Waals surface area contributed by atoms with Crippen LogP contribution in [0.1, 0.15) is 0 Å². The van der Waals surface area contributed by atoms with Gasteiger partial charge in [-0.2, -0.15) is 0 Å². The molecule has 0 radical (unpaired) electrons. The molecule has 3 aliphatic heterocycles. The lowest BCUT2D eigenvalue weighted by Crippen LogP contribution is -2.62. The van der Waals surface area contributed by atoms with Gasteiger partial charge in [-0.1, -0.05) is 0 Å². The van der Waals surface area contributed by atoms with Crippen LogP contribution in [0.3, 0.4) is 0 Å². The summed E-state index contributed by atoms with van der Waals surface area (Å²) in [7, 11) is 1.14. The lowest BCUT2D eigenvalue weighted by molar-refractivity contribution is -0.323. The molecule has 4 heterocycles. The van der Waals surface area contributed by atoms with Crippen LogP contribution in [0, 0.1) is 0 Å². The fourth-order valence-electron chi connectivity index (χ4n) is 6.43. The van der Waals surface area contributed by atoms with Crippen molar-refractivity contribution in [2.45, 2.75) is 92.1 Å². The van der Waals surface area contributed by atoms with E-state index in [0.717, 1.165) is 25.3 Å². The van der Waals surface area contributed by atoms with E-state index in [0.29, 0.717) is 0 Å². The molecule has 0 amide bonds. The van der Waals surface area contributed by atoms with E-state index >= 15 is 0 Å². The molecule has 2 aromatic carbocycles. The monoisotopic (exact) mass is 802 g/mol. The van der Waals surface area contributed by atoms with Crippen LogP contribution in [0.2, 0.25) is 0 Å². The topological polar surface area (TPSA) is 358 Å². The molecule has 3 aliphatic rings. The smallest absolute Gasteiger partial charge is 0.239 e. The molecule has 0 spiro atoms. The Morgan fingerprint density at radius 2 is 1.16 bits per heavy atom. The summed E-state index contributed by atoms with van der Waals surface area (Å²) in [5.41, 5.74) is -1.15. The fourth-order valence-corrected chi connectivity index (χ4v) is 6.43. The molecule has 0 aliphatic carbocycles. The van der Waals surface area contributed by atoms with Crippen LogP contribution in [0.4, 0.5) is 0 Å². The zero-order valence-electron chi connectivity index (χ0n) is 29.2. The minimum absolute atomic E-state index is 0.0238. The zero-order valence-corrected chi connectivity index (χ0v) is 29.2. The van der Waals surface area contributed by atoms with Gasteiger partial charge in [-0.15, -0.1) is 0 Å². The summed E-state index contributed by atoms with van der Waals surface area (Å²) in [6.45, 7) is -2.10. The van der Waals surface area contributed by atoms with Gasteiger partial charge in [0.15, 0.2) is 23.5 Å². The summed E-state index contributed by atoms with van der Waals surface area (Å²) in [6.07, 6.45) is -25.1. The number of methoxy groups -OCH3 is 1. The quantitative estimate of drug-likeness (QED) is 0.0863. The van der Waals surface area contributed by atoms with E-state index in [2.05, 4.69) is 0 Å². The molecular formula is C34H42O22. The average Bonchev–Trinajstić information content (AvgIpc) is 3.17. The molecule has 22 heteroatoms. The molecule has 15 atom stereocenters. The number of phenols is 2. The highest BCUT2D eigenvalue weighted by Crippen LogP contribution is 2.40. The van der Waals surface area contributed by atoms with Crippen molar-refractivity contribution in [3.05, 3.63) is 40.6 Å². The van der Waals surface area contributed by atoms with Crippen molar-refractivity contribution in [1.82, 2.24) is 0 Å². The number of rotatable bonds is 11. The lowest BCUT2D eigenvalue weighted by atomic mass is 9.98. The number of hydrogen-bond donors (Lipinski definition) is 13. The molecule has 22 nitrogen and oxygen atoms in total. The van der Waals surface area contributed by atoms with Crippen molar-refractivity contribution < 1.29 is 104 Å². The normalized spacial score (nSPS) is 36.3. The van der Waals surface area contributed by atoms with Gasteiger partial charge in [-0.25, -0.2) is 0 Å². The van der Waals surface area contributed by atoms with Gasteiger partial charge in [0.05, 0.1) is 26.9 Å². The van der Waals surface area contributed by atoms with Crippen LogP contribution in [0.15, 0.2) is 39.5 Å². The Balaban J connectivity index is 1.23. The van der Waals surface area contributed by atoms with Gasteiger partial charge in [0, 0.05) is 17.7 Å². The second-order valence-electron chi connectivity index (χ2n) is 13.3. The van der Waals surface area contributed by atoms with Crippen molar-refractivity contribution in [3.63, 3.8) is 0 Å². The highest BCUT2D eigenvalue weighted by molar-refractivity contribution is 5.88. The molecule has 310 valence electrons. The van der Waals surface area contributed by atoms with Gasteiger partial charge < -0.3 is 104 Å². The SMILES string of the molecule is COc1c(-c2ccc(O[C@@H]3O[C@H](CO)[C@@H](O)[C@@H](O)[C@H]3O)c(O)c2)oc2cc(O[C@@H]3O[C@H](CO[C@@H]4O[C@H](CO)[C@@H](O)[C@@H](O)[C@H]4O)[C@@H](O)[C@@H](O)[C@H]3O)cc(O)c2c1=O. The summed E-state index contributed by atoms with van der Waals surface area (Å²) >= 11 is 0. The number of phenolic OH excluding ortho intramolecular Hbond substituents is 2. The maximum Gasteiger partial charge on any atom is 0.239 e. The van der Waals surface area contributed by atoms with Crippen LogP contribution in [-0.2, 0) is 18.9 Å². The Kier molecular flexibility index (Phi) is 12.6. The van der Waals surface area contributed by atoms with Crippen molar-refractivity contribution in [3.8, 4) is 40.1 Å². The van der Waals surface area contributed by atoms with E-state index in [1.165, 1.54) is 12.1 Å². The van der Waals surface area contributed by atoms with Gasteiger partial charge in [-0.3, -0.25) is 4.79 Å². The van der Waals surface area contributed by atoms with Crippen LogP contribution in [-0.4, -0.2) is 185 Å².